The zero-order chi connectivity index (χ0) is 16.1. The fraction of sp³-hybridized carbons (Fsp3) is 0.250. The molecular weight excluding hydrogens is 288 g/mol. The van der Waals surface area contributed by atoms with Crippen molar-refractivity contribution in [2.75, 3.05) is 24.3 Å². The Hall–Kier alpha value is -2.50. The summed E-state index contributed by atoms with van der Waals surface area (Å²) >= 11 is 0. The Morgan fingerprint density at radius 3 is 2.55 bits per heavy atom. The average Bonchev–Trinajstić information content (AvgIpc) is 2.49. The molecule has 0 fully saturated rings. The molecule has 0 saturated carbocycles. The molecule has 2 rings (SSSR count). The molecule has 0 radical (unpaired) electrons. The maximum atomic E-state index is 13.1. The lowest BCUT2D eigenvalue weighted by Crippen LogP contribution is -2.14. The molecule has 0 saturated heterocycles. The van der Waals surface area contributed by atoms with Crippen LogP contribution in [-0.2, 0) is 11.2 Å². The van der Waals surface area contributed by atoms with Gasteiger partial charge in [0.25, 0.3) is 0 Å². The molecule has 1 aromatic heterocycles. The molecule has 22 heavy (non-hydrogen) atoms. The fourth-order valence-corrected chi connectivity index (χ4v) is 1.90. The summed E-state index contributed by atoms with van der Waals surface area (Å²) in [4.78, 5) is 17.9. The first-order chi connectivity index (χ1) is 10.5. The molecule has 0 spiro atoms. The number of halogens is 2. The van der Waals surface area contributed by atoms with Crippen LogP contribution in [0.2, 0.25) is 0 Å². The first-order valence-electron chi connectivity index (χ1n) is 6.83. The Morgan fingerprint density at radius 1 is 1.18 bits per heavy atom. The highest BCUT2D eigenvalue weighted by molar-refractivity contribution is 5.90. The van der Waals surface area contributed by atoms with Crippen molar-refractivity contribution in [1.82, 2.24) is 4.98 Å². The molecule has 1 amide bonds. The third-order valence-electron chi connectivity index (χ3n) is 3.11. The monoisotopic (exact) mass is 305 g/mol. The second-order valence-corrected chi connectivity index (χ2v) is 5.10. The molecule has 2 aromatic rings. The number of carbonyl (C=O) groups excluding carboxylic acids is 1. The molecule has 0 aliphatic rings. The van der Waals surface area contributed by atoms with E-state index in [1.165, 1.54) is 6.07 Å². The number of carbonyl (C=O) groups is 1. The van der Waals surface area contributed by atoms with E-state index in [0.29, 0.717) is 17.7 Å². The van der Waals surface area contributed by atoms with Gasteiger partial charge in [-0.15, -0.1) is 0 Å². The van der Waals surface area contributed by atoms with Crippen LogP contribution in [-0.4, -0.2) is 25.0 Å². The van der Waals surface area contributed by atoms with Gasteiger partial charge in [0.05, 0.1) is 11.9 Å². The van der Waals surface area contributed by atoms with Crippen LogP contribution in [0, 0.1) is 11.6 Å². The topological polar surface area (TPSA) is 45.2 Å². The Labute approximate surface area is 127 Å². The van der Waals surface area contributed by atoms with E-state index in [9.17, 15) is 13.6 Å². The van der Waals surface area contributed by atoms with Gasteiger partial charge >= 0.3 is 0 Å². The molecule has 116 valence electrons. The van der Waals surface area contributed by atoms with Crippen LogP contribution in [0.1, 0.15) is 12.0 Å². The van der Waals surface area contributed by atoms with Crippen molar-refractivity contribution >= 4 is 17.4 Å². The maximum absolute atomic E-state index is 13.1. The Balaban J connectivity index is 1.88. The molecule has 0 aliphatic carbocycles. The predicted molar refractivity (Wildman–Crippen MR) is 81.9 cm³/mol. The molecule has 1 aromatic carbocycles. The molecule has 6 heteroatoms. The summed E-state index contributed by atoms with van der Waals surface area (Å²) < 4.78 is 25.9. The Morgan fingerprint density at radius 2 is 1.95 bits per heavy atom. The average molecular weight is 305 g/mol. The van der Waals surface area contributed by atoms with Gasteiger partial charge in [0.2, 0.25) is 5.91 Å². The summed E-state index contributed by atoms with van der Waals surface area (Å²) in [6, 6.07) is 7.20. The molecule has 0 unspecified atom stereocenters. The van der Waals surface area contributed by atoms with Crippen LogP contribution in [0.15, 0.2) is 36.5 Å². The van der Waals surface area contributed by atoms with Gasteiger partial charge in [0.15, 0.2) is 11.6 Å². The summed E-state index contributed by atoms with van der Waals surface area (Å²) in [6.45, 7) is 0. The lowest BCUT2D eigenvalue weighted by Gasteiger charge is -2.11. The SMILES string of the molecule is CN(C)c1ccc(NC(=O)CCc2ccc(F)c(F)c2)cn1. The van der Waals surface area contributed by atoms with Crippen molar-refractivity contribution in [1.29, 1.82) is 0 Å². The highest BCUT2D eigenvalue weighted by Crippen LogP contribution is 2.13. The minimum absolute atomic E-state index is 0.181. The van der Waals surface area contributed by atoms with Crippen molar-refractivity contribution in [3.05, 3.63) is 53.7 Å². The number of amides is 1. The number of anilines is 2. The number of benzene rings is 1. The molecule has 1 heterocycles. The number of aromatic nitrogens is 1. The van der Waals surface area contributed by atoms with Crippen LogP contribution >= 0.6 is 0 Å². The number of pyridine rings is 1. The maximum Gasteiger partial charge on any atom is 0.224 e. The first kappa shape index (κ1) is 15.9. The molecule has 0 atom stereocenters. The van der Waals surface area contributed by atoms with Gasteiger partial charge in [-0.1, -0.05) is 6.07 Å². The normalized spacial score (nSPS) is 10.4. The van der Waals surface area contributed by atoms with E-state index in [4.69, 9.17) is 0 Å². The molecule has 0 bridgehead atoms. The second-order valence-electron chi connectivity index (χ2n) is 5.10. The molecular formula is C16H17F2N3O. The number of hydrogen-bond donors (Lipinski definition) is 1. The van der Waals surface area contributed by atoms with Crippen molar-refractivity contribution in [2.24, 2.45) is 0 Å². The number of nitrogens with one attached hydrogen (secondary N) is 1. The van der Waals surface area contributed by atoms with E-state index in [0.717, 1.165) is 18.0 Å². The van der Waals surface area contributed by atoms with Gasteiger partial charge < -0.3 is 10.2 Å². The van der Waals surface area contributed by atoms with E-state index >= 15 is 0 Å². The van der Waals surface area contributed by atoms with Crippen LogP contribution in [0.3, 0.4) is 0 Å². The third kappa shape index (κ3) is 4.25. The van der Waals surface area contributed by atoms with E-state index in [2.05, 4.69) is 10.3 Å². The summed E-state index contributed by atoms with van der Waals surface area (Å²) in [5, 5.41) is 2.72. The Kier molecular flexibility index (Phi) is 5.04. The first-order valence-corrected chi connectivity index (χ1v) is 6.83. The van der Waals surface area contributed by atoms with Crippen LogP contribution in [0.4, 0.5) is 20.3 Å². The van der Waals surface area contributed by atoms with Gasteiger partial charge in [0.1, 0.15) is 5.82 Å². The van der Waals surface area contributed by atoms with Crippen LogP contribution < -0.4 is 10.2 Å². The highest BCUT2D eigenvalue weighted by Gasteiger charge is 2.07. The van der Waals surface area contributed by atoms with E-state index in [1.807, 2.05) is 19.0 Å². The summed E-state index contributed by atoms with van der Waals surface area (Å²) in [5.41, 5.74) is 1.18. The zero-order valence-corrected chi connectivity index (χ0v) is 12.4. The molecule has 0 aliphatic heterocycles. The summed E-state index contributed by atoms with van der Waals surface area (Å²) in [7, 11) is 3.75. The van der Waals surface area contributed by atoms with Gasteiger partial charge in [-0.3, -0.25) is 4.79 Å². The molecule has 4 nitrogen and oxygen atoms in total. The van der Waals surface area contributed by atoms with Crippen molar-refractivity contribution < 1.29 is 13.6 Å². The lowest BCUT2D eigenvalue weighted by atomic mass is 10.1. The van der Waals surface area contributed by atoms with Crippen molar-refractivity contribution in [3.8, 4) is 0 Å². The number of aryl methyl sites for hydroxylation is 1. The van der Waals surface area contributed by atoms with Crippen LogP contribution in [0.25, 0.3) is 0 Å². The predicted octanol–water partition coefficient (Wildman–Crippen LogP) is 3.00. The molecule has 1 N–H and O–H groups in total. The van der Waals surface area contributed by atoms with Gasteiger partial charge in [-0.2, -0.15) is 0 Å². The minimum atomic E-state index is -0.901. The van der Waals surface area contributed by atoms with Crippen molar-refractivity contribution in [3.63, 3.8) is 0 Å². The summed E-state index contributed by atoms with van der Waals surface area (Å²) in [6.07, 6.45) is 2.09. The minimum Gasteiger partial charge on any atom is -0.363 e. The highest BCUT2D eigenvalue weighted by atomic mass is 19.2. The van der Waals surface area contributed by atoms with Gasteiger partial charge in [0, 0.05) is 20.5 Å². The zero-order valence-electron chi connectivity index (χ0n) is 12.4. The summed E-state index contributed by atoms with van der Waals surface area (Å²) in [5.74, 6) is -1.20. The van der Waals surface area contributed by atoms with Gasteiger partial charge in [-0.25, -0.2) is 13.8 Å². The van der Waals surface area contributed by atoms with Gasteiger partial charge in [-0.05, 0) is 36.2 Å². The number of hydrogen-bond acceptors (Lipinski definition) is 3. The van der Waals surface area contributed by atoms with Crippen LogP contribution in [0.5, 0.6) is 0 Å². The smallest absolute Gasteiger partial charge is 0.224 e. The number of nitrogens with zero attached hydrogens (tertiary/aromatic N) is 2. The quantitative estimate of drug-likeness (QED) is 0.923. The number of rotatable bonds is 5. The standard InChI is InChI=1S/C16H17F2N3O/c1-21(2)15-7-5-12(10-19-15)20-16(22)8-4-11-3-6-13(17)14(18)9-11/h3,5-7,9-10H,4,8H2,1-2H3,(H,20,22). The third-order valence-corrected chi connectivity index (χ3v) is 3.11. The lowest BCUT2D eigenvalue weighted by molar-refractivity contribution is -0.116. The van der Waals surface area contributed by atoms with E-state index in [-0.39, 0.29) is 12.3 Å². The van der Waals surface area contributed by atoms with E-state index < -0.39 is 11.6 Å². The largest absolute Gasteiger partial charge is 0.363 e. The second kappa shape index (κ2) is 6.98. The van der Waals surface area contributed by atoms with E-state index in [1.54, 1.807) is 18.3 Å². The van der Waals surface area contributed by atoms with Crippen molar-refractivity contribution in [2.45, 2.75) is 12.8 Å². The fourth-order valence-electron chi connectivity index (χ4n) is 1.90. The Bertz CT molecular complexity index is 657.